The van der Waals surface area contributed by atoms with Crippen LogP contribution in [0.3, 0.4) is 0 Å². The Bertz CT molecular complexity index is 1030. The number of hydrogen-bond acceptors (Lipinski definition) is 7. The monoisotopic (exact) mass is 483 g/mol. The molecule has 0 spiro atoms. The number of halogens is 1. The maximum atomic E-state index is 13.6. The van der Waals surface area contributed by atoms with Crippen LogP contribution in [-0.4, -0.2) is 62.7 Å². The highest BCUT2D eigenvalue weighted by Gasteiger charge is 2.44. The second kappa shape index (κ2) is 11.9. The highest BCUT2D eigenvalue weighted by molar-refractivity contribution is 6.24. The zero-order chi connectivity index (χ0) is 25.5. The minimum Gasteiger partial charge on any atom is -0.401 e. The molecule has 0 saturated heterocycles. The minimum atomic E-state index is -0.663. The van der Waals surface area contributed by atoms with Gasteiger partial charge in [0.05, 0.1) is 12.1 Å². The van der Waals surface area contributed by atoms with E-state index in [0.717, 1.165) is 51.1 Å². The van der Waals surface area contributed by atoms with Crippen LogP contribution >= 0.6 is 0 Å². The third-order valence-corrected chi connectivity index (χ3v) is 7.26. The molecule has 2 unspecified atom stereocenters. The van der Waals surface area contributed by atoms with Crippen LogP contribution in [0.4, 0.5) is 10.1 Å². The molecule has 35 heavy (non-hydrogen) atoms. The van der Waals surface area contributed by atoms with Crippen molar-refractivity contribution >= 4 is 23.7 Å². The van der Waals surface area contributed by atoms with Gasteiger partial charge in [-0.05, 0) is 68.7 Å². The molecular formula is C25H34FN7O2. The fourth-order valence-electron chi connectivity index (χ4n) is 5.50. The molecular weight excluding hydrogens is 449 g/mol. The number of aliphatic imine (C=N–C) groups is 1. The van der Waals surface area contributed by atoms with Gasteiger partial charge in [-0.15, -0.1) is 0 Å². The molecule has 2 saturated carbocycles. The molecule has 10 heteroatoms. The Kier molecular flexibility index (Phi) is 8.95. The maximum Gasteiger partial charge on any atom is 0.261 e. The number of likely N-dealkylation sites (N-methyl/N-ethyl adjacent to an activating group) is 1. The number of aldehydes is 1. The average molecular weight is 484 g/mol. The Morgan fingerprint density at radius 3 is 2.54 bits per heavy atom. The number of carbonyl (C=O) groups excluding carboxylic acids is 2. The summed E-state index contributed by atoms with van der Waals surface area (Å²) >= 11 is 0. The first-order chi connectivity index (χ1) is 16.8. The molecule has 3 rings (SSSR count). The normalized spacial score (nSPS) is 24.6. The number of nitriles is 1. The minimum absolute atomic E-state index is 0.00767. The molecule has 0 radical (unpaired) electrons. The van der Waals surface area contributed by atoms with Crippen molar-refractivity contribution in [2.24, 2.45) is 34.2 Å². The molecule has 6 N–H and O–H groups in total. The molecule has 0 bridgehead atoms. The van der Waals surface area contributed by atoms with E-state index < -0.39 is 11.7 Å². The summed E-state index contributed by atoms with van der Waals surface area (Å²) in [4.78, 5) is 30.5. The number of benzene rings is 1. The summed E-state index contributed by atoms with van der Waals surface area (Å²) in [6.45, 7) is 2.09. The first-order valence-corrected chi connectivity index (χ1v) is 11.9. The largest absolute Gasteiger partial charge is 0.401 e. The first kappa shape index (κ1) is 26.3. The molecule has 2 aliphatic rings. The van der Waals surface area contributed by atoms with Crippen LogP contribution in [0.5, 0.6) is 0 Å². The fourth-order valence-corrected chi connectivity index (χ4v) is 5.50. The van der Waals surface area contributed by atoms with Crippen LogP contribution in [0.25, 0.3) is 0 Å². The van der Waals surface area contributed by atoms with E-state index in [1.54, 1.807) is 6.07 Å². The molecule has 2 atom stereocenters. The number of nitrogens with two attached hydrogens (primary N) is 2. The summed E-state index contributed by atoms with van der Waals surface area (Å²) in [5.41, 5.74) is 13.2. The lowest BCUT2D eigenvalue weighted by Gasteiger charge is -2.28. The highest BCUT2D eigenvalue weighted by atomic mass is 19.1. The molecule has 9 nitrogen and oxygen atoms in total. The van der Waals surface area contributed by atoms with Gasteiger partial charge in [-0.3, -0.25) is 14.7 Å². The summed E-state index contributed by atoms with van der Waals surface area (Å²) in [6, 6.07) is 5.88. The molecule has 0 aliphatic heterocycles. The van der Waals surface area contributed by atoms with E-state index in [-0.39, 0.29) is 28.6 Å². The van der Waals surface area contributed by atoms with Crippen LogP contribution in [0.2, 0.25) is 0 Å². The second-order valence-corrected chi connectivity index (χ2v) is 9.28. The average Bonchev–Trinajstić information content (AvgIpc) is 3.42. The molecule has 1 aromatic rings. The van der Waals surface area contributed by atoms with E-state index in [1.165, 1.54) is 19.2 Å². The number of anilines is 1. The fraction of sp³-hybridized carbons (Fsp3) is 0.520. The van der Waals surface area contributed by atoms with Crippen molar-refractivity contribution in [3.8, 4) is 6.07 Å². The van der Waals surface area contributed by atoms with Gasteiger partial charge in [-0.2, -0.15) is 5.26 Å². The van der Waals surface area contributed by atoms with Gasteiger partial charge in [0.25, 0.3) is 5.91 Å². The van der Waals surface area contributed by atoms with Gasteiger partial charge < -0.3 is 26.9 Å². The molecule has 2 aliphatic carbocycles. The van der Waals surface area contributed by atoms with Gasteiger partial charge in [0.1, 0.15) is 29.6 Å². The molecule has 1 aromatic carbocycles. The zero-order valence-corrected chi connectivity index (χ0v) is 20.3. The summed E-state index contributed by atoms with van der Waals surface area (Å²) < 4.78 is 13.6. The van der Waals surface area contributed by atoms with E-state index in [9.17, 15) is 14.0 Å². The predicted molar refractivity (Wildman–Crippen MR) is 133 cm³/mol. The van der Waals surface area contributed by atoms with Crippen molar-refractivity contribution in [2.75, 3.05) is 39.0 Å². The smallest absolute Gasteiger partial charge is 0.261 e. The van der Waals surface area contributed by atoms with Crippen LogP contribution < -0.4 is 22.1 Å². The first-order valence-electron chi connectivity index (χ1n) is 11.9. The Balaban J connectivity index is 1.74. The van der Waals surface area contributed by atoms with Crippen molar-refractivity contribution in [3.63, 3.8) is 0 Å². The summed E-state index contributed by atoms with van der Waals surface area (Å²) in [5.74, 6) is -0.254. The lowest BCUT2D eigenvalue weighted by atomic mass is 9.94. The maximum absolute atomic E-state index is 13.6. The Morgan fingerprint density at radius 2 is 1.97 bits per heavy atom. The number of nitrogens with zero attached hydrogens (tertiary/aromatic N) is 3. The predicted octanol–water partition coefficient (Wildman–Crippen LogP) is 1.36. The third-order valence-electron chi connectivity index (χ3n) is 7.26. The zero-order valence-electron chi connectivity index (χ0n) is 20.3. The van der Waals surface area contributed by atoms with E-state index in [4.69, 9.17) is 16.7 Å². The number of amidine groups is 1. The number of rotatable bonds is 10. The van der Waals surface area contributed by atoms with Crippen molar-refractivity contribution in [1.29, 1.82) is 5.26 Å². The molecule has 0 heterocycles. The van der Waals surface area contributed by atoms with Crippen LogP contribution in [0.1, 0.15) is 31.2 Å². The topological polar surface area (TPSA) is 150 Å². The number of fused-ring (bicyclic) bond motifs is 1. The van der Waals surface area contributed by atoms with Gasteiger partial charge in [0.2, 0.25) is 0 Å². The number of nitrogens with one attached hydrogen (secondary N) is 2. The summed E-state index contributed by atoms with van der Waals surface area (Å²) in [7, 11) is 3.39. The van der Waals surface area contributed by atoms with Gasteiger partial charge in [-0.1, -0.05) is 0 Å². The van der Waals surface area contributed by atoms with E-state index >= 15 is 0 Å². The standard InChI is InChI=1S/C25H34FN7O2/c1-30-5-6-33(7-8-34)20-12-15-9-17(10-16(15)13-20)23(28)22(24(29)31-2)25(35)32-19-3-4-21(26)18(11-19)14-27/h3-4,8,11,15-17,20,30H,5-7,9-10,12-13,28H2,1-2H3,(H2,29,31)(H,32,35)/b23-22+. The molecule has 0 aromatic heterocycles. The number of amides is 1. The Morgan fingerprint density at radius 1 is 1.29 bits per heavy atom. The van der Waals surface area contributed by atoms with Gasteiger partial charge in [0.15, 0.2) is 0 Å². The Hall–Kier alpha value is -3.29. The third kappa shape index (κ3) is 6.05. The van der Waals surface area contributed by atoms with Crippen molar-refractivity contribution in [1.82, 2.24) is 10.2 Å². The lowest BCUT2D eigenvalue weighted by Crippen LogP contribution is -2.39. The number of carbonyl (C=O) groups is 2. The molecule has 2 fully saturated rings. The summed E-state index contributed by atoms with van der Waals surface area (Å²) in [5, 5.41) is 14.9. The highest BCUT2D eigenvalue weighted by Crippen LogP contribution is 2.49. The van der Waals surface area contributed by atoms with Gasteiger partial charge in [0, 0.05) is 37.6 Å². The van der Waals surface area contributed by atoms with E-state index in [2.05, 4.69) is 20.5 Å². The van der Waals surface area contributed by atoms with Crippen molar-refractivity contribution < 1.29 is 14.0 Å². The summed E-state index contributed by atoms with van der Waals surface area (Å²) in [6.07, 6.45) is 4.65. The van der Waals surface area contributed by atoms with E-state index in [0.29, 0.717) is 30.1 Å². The number of allylic oxidation sites excluding steroid dienone is 1. The lowest BCUT2D eigenvalue weighted by molar-refractivity contribution is -0.112. The SMILES string of the molecule is CN=C(N)/C(C(=O)Nc1ccc(F)c(C#N)c1)=C(\N)C1CC2CC(N(CC=O)CCNC)CC2C1. The van der Waals surface area contributed by atoms with Crippen molar-refractivity contribution in [2.45, 2.75) is 31.7 Å². The Labute approximate surface area is 205 Å². The molecule has 188 valence electrons. The van der Waals surface area contributed by atoms with Crippen LogP contribution in [0.15, 0.2) is 34.5 Å². The van der Waals surface area contributed by atoms with Gasteiger partial charge >= 0.3 is 0 Å². The molecule has 1 amide bonds. The second-order valence-electron chi connectivity index (χ2n) is 9.28. The van der Waals surface area contributed by atoms with Crippen LogP contribution in [-0.2, 0) is 9.59 Å². The van der Waals surface area contributed by atoms with Gasteiger partial charge in [-0.25, -0.2) is 4.39 Å². The van der Waals surface area contributed by atoms with Crippen LogP contribution in [0, 0.1) is 34.9 Å². The quantitative estimate of drug-likeness (QED) is 0.170. The number of hydrogen-bond donors (Lipinski definition) is 4. The van der Waals surface area contributed by atoms with Crippen molar-refractivity contribution in [3.05, 3.63) is 40.8 Å². The van der Waals surface area contributed by atoms with E-state index in [1.807, 2.05) is 7.05 Å².